The maximum Gasteiger partial charge on any atom is 0.161 e. The van der Waals surface area contributed by atoms with Gasteiger partial charge in [-0.1, -0.05) is 5.16 Å². The minimum Gasteiger partial charge on any atom is -0.363 e. The lowest BCUT2D eigenvalue weighted by Crippen LogP contribution is -2.26. The molecule has 3 aromatic heterocycles. The van der Waals surface area contributed by atoms with E-state index in [0.29, 0.717) is 12.5 Å². The molecule has 0 unspecified atom stereocenters. The van der Waals surface area contributed by atoms with Gasteiger partial charge in [0.1, 0.15) is 5.82 Å². The van der Waals surface area contributed by atoms with Crippen molar-refractivity contribution < 1.29 is 4.52 Å². The number of nitrogens with one attached hydrogen (secondary N) is 2. The summed E-state index contributed by atoms with van der Waals surface area (Å²) in [4.78, 5) is 8.76. The third-order valence-electron chi connectivity index (χ3n) is 4.24. The van der Waals surface area contributed by atoms with E-state index in [1.54, 1.807) is 6.20 Å². The number of hydrogen-bond acceptors (Lipinski definition) is 6. The Bertz CT molecular complexity index is 794. The Morgan fingerprint density at radius 1 is 1.22 bits per heavy atom. The van der Waals surface area contributed by atoms with Gasteiger partial charge in [0, 0.05) is 23.6 Å². The van der Waals surface area contributed by atoms with E-state index in [4.69, 9.17) is 4.52 Å². The van der Waals surface area contributed by atoms with Crippen molar-refractivity contribution in [2.24, 2.45) is 0 Å². The van der Waals surface area contributed by atoms with Crippen molar-refractivity contribution in [2.45, 2.75) is 25.3 Å². The number of pyridine rings is 2. The second-order valence-corrected chi connectivity index (χ2v) is 5.84. The first-order valence-corrected chi connectivity index (χ1v) is 8.00. The van der Waals surface area contributed by atoms with Crippen molar-refractivity contribution in [2.75, 3.05) is 18.4 Å². The van der Waals surface area contributed by atoms with Crippen LogP contribution in [0.1, 0.15) is 30.2 Å². The van der Waals surface area contributed by atoms with Crippen LogP contribution in [0.25, 0.3) is 11.0 Å². The first kappa shape index (κ1) is 14.1. The fourth-order valence-corrected chi connectivity index (χ4v) is 2.95. The Morgan fingerprint density at radius 2 is 2.13 bits per heavy atom. The van der Waals surface area contributed by atoms with Gasteiger partial charge in [0.15, 0.2) is 11.4 Å². The van der Waals surface area contributed by atoms with E-state index in [-0.39, 0.29) is 0 Å². The predicted octanol–water partition coefficient (Wildman–Crippen LogP) is 2.70. The fraction of sp³-hybridized carbons (Fsp3) is 0.353. The highest BCUT2D eigenvalue weighted by Crippen LogP contribution is 2.25. The molecule has 0 spiro atoms. The maximum absolute atomic E-state index is 5.45. The number of piperidine rings is 1. The monoisotopic (exact) mass is 309 g/mol. The molecule has 1 fully saturated rings. The highest BCUT2D eigenvalue weighted by Gasteiger charge is 2.19. The van der Waals surface area contributed by atoms with Gasteiger partial charge < -0.3 is 15.2 Å². The molecule has 0 saturated carbocycles. The topological polar surface area (TPSA) is 75.9 Å². The van der Waals surface area contributed by atoms with Crippen molar-refractivity contribution in [3.8, 4) is 0 Å². The van der Waals surface area contributed by atoms with E-state index in [9.17, 15) is 0 Å². The van der Waals surface area contributed by atoms with Gasteiger partial charge in [-0.05, 0) is 50.2 Å². The molecule has 0 atom stereocenters. The third kappa shape index (κ3) is 3.17. The molecular weight excluding hydrogens is 290 g/mol. The Balaban J connectivity index is 1.42. The van der Waals surface area contributed by atoms with Crippen LogP contribution in [0, 0.1) is 0 Å². The molecule has 3 aromatic rings. The van der Waals surface area contributed by atoms with E-state index < -0.39 is 0 Å². The van der Waals surface area contributed by atoms with Crippen LogP contribution in [-0.2, 0) is 6.54 Å². The lowest BCUT2D eigenvalue weighted by atomic mass is 9.95. The SMILES string of the molecule is c1cnc2nc(NCc3cc(C4CCNCC4)no3)ccc2c1. The maximum atomic E-state index is 5.45. The number of fused-ring (bicyclic) bond motifs is 1. The summed E-state index contributed by atoms with van der Waals surface area (Å²) in [5, 5.41) is 11.9. The fourth-order valence-electron chi connectivity index (χ4n) is 2.95. The van der Waals surface area contributed by atoms with Crippen LogP contribution >= 0.6 is 0 Å². The minimum atomic E-state index is 0.511. The molecular formula is C17H19N5O. The highest BCUT2D eigenvalue weighted by atomic mass is 16.5. The van der Waals surface area contributed by atoms with Crippen molar-refractivity contribution >= 4 is 16.9 Å². The Hall–Kier alpha value is -2.47. The van der Waals surface area contributed by atoms with Gasteiger partial charge in [0.25, 0.3) is 0 Å². The third-order valence-corrected chi connectivity index (χ3v) is 4.24. The van der Waals surface area contributed by atoms with Gasteiger partial charge in [-0.25, -0.2) is 9.97 Å². The van der Waals surface area contributed by atoms with Gasteiger partial charge in [0.05, 0.1) is 12.2 Å². The summed E-state index contributed by atoms with van der Waals surface area (Å²) >= 11 is 0. The van der Waals surface area contributed by atoms with E-state index in [1.807, 2.05) is 24.3 Å². The predicted molar refractivity (Wildman–Crippen MR) is 88.2 cm³/mol. The van der Waals surface area contributed by atoms with Crippen LogP contribution in [-0.4, -0.2) is 28.2 Å². The van der Waals surface area contributed by atoms with Crippen molar-refractivity contribution in [3.63, 3.8) is 0 Å². The number of hydrogen-bond donors (Lipinski definition) is 2. The normalized spacial score (nSPS) is 15.8. The van der Waals surface area contributed by atoms with Crippen LogP contribution in [0.3, 0.4) is 0 Å². The summed E-state index contributed by atoms with van der Waals surface area (Å²) in [5.41, 5.74) is 1.81. The number of nitrogens with zero attached hydrogens (tertiary/aromatic N) is 3. The first-order valence-electron chi connectivity index (χ1n) is 8.00. The summed E-state index contributed by atoms with van der Waals surface area (Å²) in [6.07, 6.45) is 4.00. The molecule has 0 radical (unpaired) electrons. The molecule has 4 rings (SSSR count). The Labute approximate surface area is 134 Å². The van der Waals surface area contributed by atoms with E-state index in [2.05, 4.69) is 31.8 Å². The largest absolute Gasteiger partial charge is 0.363 e. The zero-order valence-electron chi connectivity index (χ0n) is 12.8. The number of anilines is 1. The van der Waals surface area contributed by atoms with Crippen LogP contribution in [0.2, 0.25) is 0 Å². The molecule has 118 valence electrons. The van der Waals surface area contributed by atoms with Crippen LogP contribution in [0.4, 0.5) is 5.82 Å². The van der Waals surface area contributed by atoms with Crippen LogP contribution in [0.15, 0.2) is 41.1 Å². The first-order chi connectivity index (χ1) is 11.4. The van der Waals surface area contributed by atoms with E-state index in [1.165, 1.54) is 0 Å². The smallest absolute Gasteiger partial charge is 0.161 e. The van der Waals surface area contributed by atoms with Crippen LogP contribution in [0.5, 0.6) is 0 Å². The zero-order chi connectivity index (χ0) is 15.5. The summed E-state index contributed by atoms with van der Waals surface area (Å²) in [7, 11) is 0. The number of aromatic nitrogens is 3. The molecule has 0 aromatic carbocycles. The summed E-state index contributed by atoms with van der Waals surface area (Å²) in [6, 6.07) is 9.93. The van der Waals surface area contributed by atoms with Gasteiger partial charge in [-0.3, -0.25) is 0 Å². The van der Waals surface area contributed by atoms with Crippen molar-refractivity contribution in [1.82, 2.24) is 20.4 Å². The van der Waals surface area contributed by atoms with Crippen molar-refractivity contribution in [1.29, 1.82) is 0 Å². The van der Waals surface area contributed by atoms with Gasteiger partial charge in [-0.2, -0.15) is 0 Å². The quantitative estimate of drug-likeness (QED) is 0.772. The second-order valence-electron chi connectivity index (χ2n) is 5.84. The average molecular weight is 309 g/mol. The lowest BCUT2D eigenvalue weighted by molar-refractivity contribution is 0.365. The molecule has 1 aliphatic rings. The molecule has 1 aliphatic heterocycles. The molecule has 4 heterocycles. The highest BCUT2D eigenvalue weighted by molar-refractivity contribution is 5.76. The van der Waals surface area contributed by atoms with Gasteiger partial charge in [0.2, 0.25) is 0 Å². The van der Waals surface area contributed by atoms with E-state index >= 15 is 0 Å². The Morgan fingerprint density at radius 3 is 3.04 bits per heavy atom. The average Bonchev–Trinajstić information content (AvgIpc) is 3.10. The molecule has 6 nitrogen and oxygen atoms in total. The number of rotatable bonds is 4. The zero-order valence-corrected chi connectivity index (χ0v) is 12.8. The minimum absolute atomic E-state index is 0.511. The van der Waals surface area contributed by atoms with Gasteiger partial charge >= 0.3 is 0 Å². The Kier molecular flexibility index (Phi) is 3.90. The van der Waals surface area contributed by atoms with Crippen molar-refractivity contribution in [3.05, 3.63) is 48.0 Å². The van der Waals surface area contributed by atoms with E-state index in [0.717, 1.165) is 54.2 Å². The summed E-state index contributed by atoms with van der Waals surface area (Å²) < 4.78 is 5.45. The molecule has 23 heavy (non-hydrogen) atoms. The van der Waals surface area contributed by atoms with Crippen LogP contribution < -0.4 is 10.6 Å². The molecule has 6 heteroatoms. The molecule has 0 bridgehead atoms. The van der Waals surface area contributed by atoms with Gasteiger partial charge in [-0.15, -0.1) is 0 Å². The standard InChI is InChI=1S/C17H19N5O/c1-2-13-3-4-16(21-17(13)19-7-1)20-11-14-10-15(22-23-14)12-5-8-18-9-6-12/h1-4,7,10,12,18H,5-6,8-9,11H2,(H,19,20,21). The molecule has 2 N–H and O–H groups in total. The summed E-state index contributed by atoms with van der Waals surface area (Å²) in [5.74, 6) is 2.13. The molecule has 1 saturated heterocycles. The lowest BCUT2D eigenvalue weighted by Gasteiger charge is -2.19. The second kappa shape index (κ2) is 6.34. The molecule has 0 aliphatic carbocycles. The summed E-state index contributed by atoms with van der Waals surface area (Å²) in [6.45, 7) is 2.68. The molecule has 0 amide bonds.